The first-order chi connectivity index (χ1) is 9.56. The molecule has 1 aliphatic rings. The van der Waals surface area contributed by atoms with Crippen molar-refractivity contribution < 1.29 is 9.72 Å². The average Bonchev–Trinajstić information content (AvgIpc) is 2.46. The normalized spacial score (nSPS) is 18.9. The average molecular weight is 317 g/mol. The number of piperidine rings is 1. The largest absolute Gasteiger partial charge is 0.334 e. The van der Waals surface area contributed by atoms with Crippen LogP contribution in [0.15, 0.2) is 18.2 Å². The smallest absolute Gasteiger partial charge is 0.283 e. The van der Waals surface area contributed by atoms with E-state index in [1.165, 1.54) is 18.2 Å². The van der Waals surface area contributed by atoms with Gasteiger partial charge < -0.3 is 4.90 Å². The van der Waals surface area contributed by atoms with Crippen molar-refractivity contribution >= 4 is 34.8 Å². The molecule has 7 heteroatoms. The highest BCUT2D eigenvalue weighted by Gasteiger charge is 2.32. The van der Waals surface area contributed by atoms with E-state index in [9.17, 15) is 14.9 Å². The highest BCUT2D eigenvalue weighted by molar-refractivity contribution is 6.34. The van der Waals surface area contributed by atoms with E-state index in [1.807, 2.05) is 0 Å². The van der Waals surface area contributed by atoms with E-state index in [0.717, 1.165) is 19.3 Å². The van der Waals surface area contributed by atoms with Crippen LogP contribution in [0.5, 0.6) is 0 Å². The highest BCUT2D eigenvalue weighted by Crippen LogP contribution is 2.30. The van der Waals surface area contributed by atoms with Crippen LogP contribution in [-0.4, -0.2) is 34.2 Å². The molecule has 0 bridgehead atoms. The van der Waals surface area contributed by atoms with Gasteiger partial charge in [-0.25, -0.2) is 0 Å². The molecule has 5 nitrogen and oxygen atoms in total. The Morgan fingerprint density at radius 2 is 2.20 bits per heavy atom. The quantitative estimate of drug-likeness (QED) is 0.487. The van der Waals surface area contributed by atoms with Crippen molar-refractivity contribution in [2.24, 2.45) is 0 Å². The third-order valence-corrected chi connectivity index (χ3v) is 4.14. The predicted octanol–water partition coefficient (Wildman–Crippen LogP) is 3.48. The van der Waals surface area contributed by atoms with Crippen molar-refractivity contribution in [1.29, 1.82) is 0 Å². The molecule has 1 aromatic rings. The molecule has 0 aromatic heterocycles. The Morgan fingerprint density at radius 3 is 2.85 bits per heavy atom. The Balaban J connectivity index is 2.40. The summed E-state index contributed by atoms with van der Waals surface area (Å²) in [6.07, 6.45) is 2.69. The van der Waals surface area contributed by atoms with Gasteiger partial charge in [0.05, 0.1) is 9.95 Å². The van der Waals surface area contributed by atoms with Crippen LogP contribution in [0.1, 0.15) is 29.6 Å². The topological polar surface area (TPSA) is 63.4 Å². The molecule has 0 N–H and O–H groups in total. The van der Waals surface area contributed by atoms with Crippen LogP contribution >= 0.6 is 23.2 Å². The van der Waals surface area contributed by atoms with Crippen LogP contribution in [0.4, 0.5) is 5.69 Å². The molecule has 20 heavy (non-hydrogen) atoms. The second kappa shape index (κ2) is 6.41. The first-order valence-corrected chi connectivity index (χ1v) is 7.27. The standard InChI is InChI=1S/C13H14Cl2N2O3/c14-8-9-4-1-2-7-16(9)13(18)12-10(15)5-3-6-11(12)17(19)20/h3,5-6,9H,1-2,4,7-8H2. The molecule has 1 amide bonds. The van der Waals surface area contributed by atoms with Crippen LogP contribution in [-0.2, 0) is 0 Å². The van der Waals surface area contributed by atoms with E-state index in [-0.39, 0.29) is 22.3 Å². The minimum atomic E-state index is -0.585. The van der Waals surface area contributed by atoms with Crippen LogP contribution < -0.4 is 0 Å². The number of nitrogens with zero attached hydrogens (tertiary/aromatic N) is 2. The van der Waals surface area contributed by atoms with E-state index in [4.69, 9.17) is 23.2 Å². The van der Waals surface area contributed by atoms with Crippen molar-refractivity contribution in [2.75, 3.05) is 12.4 Å². The van der Waals surface area contributed by atoms with Gasteiger partial charge in [-0.2, -0.15) is 0 Å². The summed E-state index contributed by atoms with van der Waals surface area (Å²) in [5.74, 6) is -0.0862. The number of benzene rings is 1. The molecular formula is C13H14Cl2N2O3. The number of likely N-dealkylation sites (tertiary alicyclic amines) is 1. The summed E-state index contributed by atoms with van der Waals surface area (Å²) >= 11 is 11.9. The fourth-order valence-corrected chi connectivity index (χ4v) is 3.02. The maximum atomic E-state index is 12.6. The van der Waals surface area contributed by atoms with Crippen molar-refractivity contribution in [3.63, 3.8) is 0 Å². The summed E-state index contributed by atoms with van der Waals surface area (Å²) < 4.78 is 0. The van der Waals surface area contributed by atoms with Gasteiger partial charge in [-0.1, -0.05) is 17.7 Å². The number of carbonyl (C=O) groups excluding carboxylic acids is 1. The summed E-state index contributed by atoms with van der Waals surface area (Å²) in [4.78, 5) is 24.7. The maximum Gasteiger partial charge on any atom is 0.283 e. The number of nitro groups is 1. The fourth-order valence-electron chi connectivity index (χ4n) is 2.45. The van der Waals surface area contributed by atoms with Crippen LogP contribution in [0.2, 0.25) is 5.02 Å². The molecular weight excluding hydrogens is 303 g/mol. The molecule has 2 rings (SSSR count). The van der Waals surface area contributed by atoms with Gasteiger partial charge in [0, 0.05) is 24.5 Å². The zero-order chi connectivity index (χ0) is 14.7. The molecule has 0 spiro atoms. The molecule has 1 heterocycles. The molecule has 0 aliphatic carbocycles. The van der Waals surface area contributed by atoms with Gasteiger partial charge in [-0.15, -0.1) is 11.6 Å². The Hall–Kier alpha value is -1.33. The van der Waals surface area contributed by atoms with Gasteiger partial charge in [0.2, 0.25) is 0 Å². The van der Waals surface area contributed by atoms with Gasteiger partial charge in [0.1, 0.15) is 5.56 Å². The first-order valence-electron chi connectivity index (χ1n) is 6.36. The molecule has 0 radical (unpaired) electrons. The van der Waals surface area contributed by atoms with Gasteiger partial charge in [-0.05, 0) is 25.3 Å². The van der Waals surface area contributed by atoms with E-state index in [0.29, 0.717) is 12.4 Å². The van der Waals surface area contributed by atoms with Gasteiger partial charge in [0.15, 0.2) is 0 Å². The zero-order valence-corrected chi connectivity index (χ0v) is 12.2. The first kappa shape index (κ1) is 15.1. The van der Waals surface area contributed by atoms with Crippen LogP contribution in [0.25, 0.3) is 0 Å². The summed E-state index contributed by atoms with van der Waals surface area (Å²) in [7, 11) is 0. The van der Waals surface area contributed by atoms with Crippen molar-refractivity contribution in [1.82, 2.24) is 4.90 Å². The molecule has 1 aliphatic heterocycles. The number of carbonyl (C=O) groups is 1. The Morgan fingerprint density at radius 1 is 1.45 bits per heavy atom. The molecule has 1 atom stereocenters. The molecule has 1 aromatic carbocycles. The lowest BCUT2D eigenvalue weighted by Gasteiger charge is -2.34. The number of rotatable bonds is 3. The number of hydrogen-bond donors (Lipinski definition) is 0. The molecule has 1 fully saturated rings. The van der Waals surface area contributed by atoms with Crippen molar-refractivity contribution in [2.45, 2.75) is 25.3 Å². The zero-order valence-electron chi connectivity index (χ0n) is 10.7. The second-order valence-electron chi connectivity index (χ2n) is 4.69. The Labute approximate surface area is 126 Å². The summed E-state index contributed by atoms with van der Waals surface area (Å²) in [6.45, 7) is 0.554. The van der Waals surface area contributed by atoms with E-state index in [2.05, 4.69) is 0 Å². The lowest BCUT2D eigenvalue weighted by atomic mass is 10.0. The van der Waals surface area contributed by atoms with E-state index in [1.54, 1.807) is 4.90 Å². The highest BCUT2D eigenvalue weighted by atomic mass is 35.5. The Bertz CT molecular complexity index is 536. The summed E-state index contributed by atoms with van der Waals surface area (Å²) in [6, 6.07) is 4.15. The maximum absolute atomic E-state index is 12.6. The van der Waals surface area contributed by atoms with Crippen LogP contribution in [0, 0.1) is 10.1 Å². The molecule has 1 unspecified atom stereocenters. The van der Waals surface area contributed by atoms with Gasteiger partial charge in [0.25, 0.3) is 11.6 Å². The summed E-state index contributed by atoms with van der Waals surface area (Å²) in [5, 5.41) is 11.2. The van der Waals surface area contributed by atoms with Gasteiger partial charge in [-0.3, -0.25) is 14.9 Å². The van der Waals surface area contributed by atoms with Crippen LogP contribution in [0.3, 0.4) is 0 Å². The third kappa shape index (κ3) is 2.88. The summed E-state index contributed by atoms with van der Waals surface area (Å²) in [5.41, 5.74) is -0.308. The molecule has 108 valence electrons. The predicted molar refractivity (Wildman–Crippen MR) is 77.5 cm³/mol. The third-order valence-electron chi connectivity index (χ3n) is 3.47. The lowest BCUT2D eigenvalue weighted by molar-refractivity contribution is -0.385. The fraction of sp³-hybridized carbons (Fsp3) is 0.462. The number of nitro benzene ring substituents is 1. The molecule has 1 saturated heterocycles. The molecule has 0 saturated carbocycles. The minimum Gasteiger partial charge on any atom is -0.334 e. The second-order valence-corrected chi connectivity index (χ2v) is 5.41. The number of hydrogen-bond acceptors (Lipinski definition) is 3. The SMILES string of the molecule is O=C(c1c(Cl)cccc1[N+](=O)[O-])N1CCCCC1CCl. The number of halogens is 2. The van der Waals surface area contributed by atoms with Crippen molar-refractivity contribution in [3.8, 4) is 0 Å². The Kier molecular flexibility index (Phi) is 4.83. The lowest BCUT2D eigenvalue weighted by Crippen LogP contribution is -2.45. The van der Waals surface area contributed by atoms with Gasteiger partial charge >= 0.3 is 0 Å². The number of alkyl halides is 1. The van der Waals surface area contributed by atoms with E-state index < -0.39 is 10.8 Å². The number of amides is 1. The monoisotopic (exact) mass is 316 g/mol. The van der Waals surface area contributed by atoms with E-state index >= 15 is 0 Å². The van der Waals surface area contributed by atoms with Crippen molar-refractivity contribution in [3.05, 3.63) is 38.9 Å². The minimum absolute atomic E-state index is 0.0452.